The van der Waals surface area contributed by atoms with Crippen molar-refractivity contribution >= 4 is 11.9 Å². The van der Waals surface area contributed by atoms with Crippen molar-refractivity contribution in [2.75, 3.05) is 13.2 Å². The van der Waals surface area contributed by atoms with Gasteiger partial charge in [0.25, 0.3) is 0 Å². The Kier molecular flexibility index (Phi) is 4.05. The molecule has 1 aliphatic heterocycles. The Bertz CT molecular complexity index is 256. The summed E-state index contributed by atoms with van der Waals surface area (Å²) < 4.78 is 0. The van der Waals surface area contributed by atoms with Crippen molar-refractivity contribution in [1.82, 2.24) is 10.6 Å². The fraction of sp³-hybridized carbons (Fsp3) is 0.778. The van der Waals surface area contributed by atoms with E-state index in [1.165, 1.54) is 0 Å². The van der Waals surface area contributed by atoms with Gasteiger partial charge in [-0.2, -0.15) is 0 Å². The van der Waals surface area contributed by atoms with E-state index in [9.17, 15) is 9.59 Å². The maximum Gasteiger partial charge on any atom is 0.328 e. The summed E-state index contributed by atoms with van der Waals surface area (Å²) in [7, 11) is 0. The quantitative estimate of drug-likeness (QED) is 0.460. The zero-order valence-electron chi connectivity index (χ0n) is 8.56. The smallest absolute Gasteiger partial charge is 0.328 e. The third-order valence-corrected chi connectivity index (χ3v) is 2.61. The van der Waals surface area contributed by atoms with Gasteiger partial charge >= 0.3 is 5.97 Å². The summed E-state index contributed by atoms with van der Waals surface area (Å²) in [6.07, 6.45) is 0.898. The predicted molar refractivity (Wildman–Crippen MR) is 52.2 cm³/mol. The molecular formula is C9H16N2O4. The first kappa shape index (κ1) is 11.9. The lowest BCUT2D eigenvalue weighted by atomic mass is 10.0. The molecule has 0 aromatic heterocycles. The molecule has 1 saturated heterocycles. The van der Waals surface area contributed by atoms with Gasteiger partial charge in [-0.1, -0.05) is 6.92 Å². The van der Waals surface area contributed by atoms with Crippen molar-refractivity contribution in [3.8, 4) is 0 Å². The molecule has 0 spiro atoms. The number of hydrogen-bond donors (Lipinski definition) is 4. The van der Waals surface area contributed by atoms with Gasteiger partial charge in [0.1, 0.15) is 6.04 Å². The van der Waals surface area contributed by atoms with Crippen molar-refractivity contribution < 1.29 is 19.8 Å². The third kappa shape index (κ3) is 2.90. The molecule has 1 heterocycles. The lowest BCUT2D eigenvalue weighted by Crippen LogP contribution is -2.51. The van der Waals surface area contributed by atoms with Crippen molar-refractivity contribution in [2.24, 2.45) is 5.92 Å². The molecule has 1 amide bonds. The second-order valence-electron chi connectivity index (χ2n) is 3.78. The van der Waals surface area contributed by atoms with Crippen LogP contribution in [-0.4, -0.2) is 47.3 Å². The zero-order chi connectivity index (χ0) is 11.4. The van der Waals surface area contributed by atoms with Crippen LogP contribution in [0.2, 0.25) is 0 Å². The summed E-state index contributed by atoms with van der Waals surface area (Å²) in [4.78, 5) is 22.1. The normalized spacial score (nSPS) is 27.3. The first-order chi connectivity index (χ1) is 7.06. The molecule has 0 bridgehead atoms. The van der Waals surface area contributed by atoms with Crippen LogP contribution in [0, 0.1) is 5.92 Å². The molecule has 3 atom stereocenters. The van der Waals surface area contributed by atoms with Gasteiger partial charge in [-0.25, -0.2) is 4.79 Å². The van der Waals surface area contributed by atoms with Crippen LogP contribution in [0.4, 0.5) is 0 Å². The highest BCUT2D eigenvalue weighted by Crippen LogP contribution is 2.14. The molecule has 3 unspecified atom stereocenters. The molecule has 0 aromatic carbocycles. The second kappa shape index (κ2) is 5.09. The van der Waals surface area contributed by atoms with Crippen molar-refractivity contribution in [3.05, 3.63) is 0 Å². The minimum Gasteiger partial charge on any atom is -0.480 e. The van der Waals surface area contributed by atoms with E-state index in [2.05, 4.69) is 10.6 Å². The van der Waals surface area contributed by atoms with Gasteiger partial charge in [0, 0.05) is 0 Å². The molecule has 15 heavy (non-hydrogen) atoms. The van der Waals surface area contributed by atoms with E-state index in [-0.39, 0.29) is 17.9 Å². The van der Waals surface area contributed by atoms with E-state index in [0.717, 1.165) is 13.0 Å². The number of rotatable bonds is 4. The first-order valence-electron chi connectivity index (χ1n) is 4.93. The largest absolute Gasteiger partial charge is 0.480 e. The molecule has 0 aliphatic carbocycles. The van der Waals surface area contributed by atoms with Gasteiger partial charge < -0.3 is 20.8 Å². The molecule has 1 fully saturated rings. The highest BCUT2D eigenvalue weighted by molar-refractivity contribution is 5.87. The Hall–Kier alpha value is -1.14. The van der Waals surface area contributed by atoms with E-state index in [1.54, 1.807) is 0 Å². The Morgan fingerprint density at radius 1 is 1.60 bits per heavy atom. The van der Waals surface area contributed by atoms with Gasteiger partial charge in [0.15, 0.2) is 0 Å². The molecule has 0 saturated carbocycles. The number of carboxylic acid groups (broad SMARTS) is 1. The highest BCUT2D eigenvalue weighted by atomic mass is 16.4. The number of aliphatic hydroxyl groups is 1. The number of nitrogens with one attached hydrogen (secondary N) is 2. The number of carbonyl (C=O) groups excluding carboxylic acids is 1. The summed E-state index contributed by atoms with van der Waals surface area (Å²) in [5.74, 6) is -1.39. The number of carbonyl (C=O) groups is 2. The topological polar surface area (TPSA) is 98.7 Å². The van der Waals surface area contributed by atoms with Gasteiger partial charge in [0.05, 0.1) is 12.6 Å². The van der Waals surface area contributed by atoms with Crippen molar-refractivity contribution in [2.45, 2.75) is 25.4 Å². The van der Waals surface area contributed by atoms with Crippen LogP contribution in [0.5, 0.6) is 0 Å². The zero-order valence-corrected chi connectivity index (χ0v) is 8.56. The molecule has 0 aromatic rings. The lowest BCUT2D eigenvalue weighted by Gasteiger charge is -2.18. The van der Waals surface area contributed by atoms with Crippen LogP contribution in [0.1, 0.15) is 13.3 Å². The summed E-state index contributed by atoms with van der Waals surface area (Å²) >= 11 is 0. The fourth-order valence-electron chi connectivity index (χ4n) is 1.63. The number of amides is 1. The maximum atomic E-state index is 11.6. The Labute approximate surface area is 87.7 Å². The van der Waals surface area contributed by atoms with Gasteiger partial charge in [-0.3, -0.25) is 4.79 Å². The molecule has 6 heteroatoms. The first-order valence-corrected chi connectivity index (χ1v) is 4.93. The fourth-order valence-corrected chi connectivity index (χ4v) is 1.63. The predicted octanol–water partition coefficient (Wildman–Crippen LogP) is -1.45. The highest BCUT2D eigenvalue weighted by Gasteiger charge is 2.31. The number of aliphatic carboxylic acids is 1. The average Bonchev–Trinajstić information content (AvgIpc) is 2.60. The molecule has 1 aliphatic rings. The number of hydrogen-bond acceptors (Lipinski definition) is 4. The number of aliphatic hydroxyl groups excluding tert-OH is 1. The minimum absolute atomic E-state index is 0.193. The summed E-state index contributed by atoms with van der Waals surface area (Å²) in [5, 5.41) is 22.6. The van der Waals surface area contributed by atoms with Crippen LogP contribution in [0.15, 0.2) is 0 Å². The molecule has 1 rings (SSSR count). The van der Waals surface area contributed by atoms with Crippen molar-refractivity contribution in [1.29, 1.82) is 0 Å². The second-order valence-corrected chi connectivity index (χ2v) is 3.78. The Morgan fingerprint density at radius 2 is 2.27 bits per heavy atom. The van der Waals surface area contributed by atoms with Crippen LogP contribution < -0.4 is 10.6 Å². The van der Waals surface area contributed by atoms with E-state index in [4.69, 9.17) is 10.2 Å². The molecule has 0 radical (unpaired) electrons. The monoisotopic (exact) mass is 216 g/mol. The summed E-state index contributed by atoms with van der Waals surface area (Å²) in [6, 6.07) is -1.56. The van der Waals surface area contributed by atoms with Crippen LogP contribution >= 0.6 is 0 Å². The van der Waals surface area contributed by atoms with Gasteiger partial charge in [0.2, 0.25) is 5.91 Å². The Balaban J connectivity index is 2.50. The third-order valence-electron chi connectivity index (χ3n) is 2.61. The average molecular weight is 216 g/mol. The minimum atomic E-state index is -1.23. The molecule has 6 nitrogen and oxygen atoms in total. The van der Waals surface area contributed by atoms with Crippen molar-refractivity contribution in [3.63, 3.8) is 0 Å². The molecular weight excluding hydrogens is 200 g/mol. The van der Waals surface area contributed by atoms with Crippen LogP contribution in [-0.2, 0) is 9.59 Å². The summed E-state index contributed by atoms with van der Waals surface area (Å²) in [6.45, 7) is 2.09. The SMILES string of the molecule is CC1CCNC1C(=O)NC(CO)C(=O)O. The number of carboxylic acids is 1. The molecule has 4 N–H and O–H groups in total. The molecule has 86 valence electrons. The van der Waals surface area contributed by atoms with Crippen LogP contribution in [0.25, 0.3) is 0 Å². The lowest BCUT2D eigenvalue weighted by molar-refractivity contribution is -0.143. The van der Waals surface area contributed by atoms with Crippen LogP contribution in [0.3, 0.4) is 0 Å². The van der Waals surface area contributed by atoms with Gasteiger partial charge in [-0.05, 0) is 18.9 Å². The van der Waals surface area contributed by atoms with E-state index >= 15 is 0 Å². The Morgan fingerprint density at radius 3 is 2.67 bits per heavy atom. The van der Waals surface area contributed by atoms with E-state index < -0.39 is 18.6 Å². The van der Waals surface area contributed by atoms with Gasteiger partial charge in [-0.15, -0.1) is 0 Å². The summed E-state index contributed by atoms with van der Waals surface area (Å²) in [5.41, 5.74) is 0. The standard InChI is InChI=1S/C9H16N2O4/c1-5-2-3-10-7(5)8(13)11-6(4-12)9(14)15/h5-7,10,12H,2-4H2,1H3,(H,11,13)(H,14,15). The maximum absolute atomic E-state index is 11.6. The van der Waals surface area contributed by atoms with E-state index in [0.29, 0.717) is 0 Å². The van der Waals surface area contributed by atoms with E-state index in [1.807, 2.05) is 6.92 Å².